The van der Waals surface area contributed by atoms with Gasteiger partial charge in [0, 0.05) is 18.8 Å². The van der Waals surface area contributed by atoms with Gasteiger partial charge in [-0.3, -0.25) is 19.4 Å². The molecule has 1 saturated carbocycles. The Morgan fingerprint density at radius 3 is 2.58 bits per heavy atom. The number of carbonyl (C=O) groups is 1. The van der Waals surface area contributed by atoms with E-state index in [4.69, 9.17) is 9.73 Å². The summed E-state index contributed by atoms with van der Waals surface area (Å²) in [4.78, 5) is 22.5. The van der Waals surface area contributed by atoms with Crippen LogP contribution < -0.4 is 9.62 Å². The lowest BCUT2D eigenvalue weighted by Crippen LogP contribution is -2.68. The summed E-state index contributed by atoms with van der Waals surface area (Å²) in [5.41, 5.74) is 0.716. The Hall–Kier alpha value is -2.76. The maximum absolute atomic E-state index is 14.0. The van der Waals surface area contributed by atoms with E-state index in [-0.39, 0.29) is 16.8 Å². The van der Waals surface area contributed by atoms with Gasteiger partial charge >= 0.3 is 0 Å². The van der Waals surface area contributed by atoms with E-state index in [9.17, 15) is 13.2 Å². The van der Waals surface area contributed by atoms with Crippen LogP contribution >= 0.6 is 0 Å². The summed E-state index contributed by atoms with van der Waals surface area (Å²) in [5, 5.41) is 4.30. The number of benzene rings is 1. The number of aliphatic imine (C=N–C) groups is 1. The van der Waals surface area contributed by atoms with Crippen LogP contribution in [0.1, 0.15) is 42.7 Å². The zero-order valence-corrected chi connectivity index (χ0v) is 19.6. The molecular weight excluding hydrogens is 444 g/mol. The number of sulfonamides is 1. The van der Waals surface area contributed by atoms with Crippen molar-refractivity contribution in [1.29, 1.82) is 0 Å². The fraction of sp³-hybridized carbons (Fsp3) is 0.500. The van der Waals surface area contributed by atoms with Crippen molar-refractivity contribution in [3.63, 3.8) is 0 Å². The van der Waals surface area contributed by atoms with Gasteiger partial charge in [0.25, 0.3) is 5.91 Å². The number of rotatable bonds is 5. The Balaban J connectivity index is 1.49. The molecule has 174 valence electrons. The molecule has 1 aromatic heterocycles. The topological polar surface area (TPSA) is 109 Å². The van der Waals surface area contributed by atoms with Crippen molar-refractivity contribution in [2.24, 2.45) is 12.0 Å². The predicted molar refractivity (Wildman–Crippen MR) is 121 cm³/mol. The Labute approximate surface area is 192 Å². The molecule has 33 heavy (non-hydrogen) atoms. The van der Waals surface area contributed by atoms with Gasteiger partial charge in [0.2, 0.25) is 16.0 Å². The molecule has 0 radical (unpaired) electrons. The van der Waals surface area contributed by atoms with Crippen molar-refractivity contribution in [2.75, 3.05) is 24.7 Å². The number of guanidine groups is 1. The molecule has 0 bridgehead atoms. The number of amides is 1. The first-order chi connectivity index (χ1) is 15.7. The molecule has 1 saturated heterocycles. The standard InChI is InChI=1S/C22H26N6O4S/c1-14-11-23-20-27(14)17-5-4-15(33(30,31)25-21(2)7-8-21)10-16(17)19(29)28(20)22(12-32-13-22)18-6-9-24-26(18)3/h4-6,9-10,14,25H,7-8,11-13H2,1-3H3/t14-/m1/s1. The zero-order valence-electron chi connectivity index (χ0n) is 18.8. The van der Waals surface area contributed by atoms with Gasteiger partial charge in [-0.15, -0.1) is 0 Å². The fourth-order valence-electron chi connectivity index (χ4n) is 4.94. The zero-order chi connectivity index (χ0) is 23.2. The van der Waals surface area contributed by atoms with Crippen molar-refractivity contribution < 1.29 is 17.9 Å². The van der Waals surface area contributed by atoms with Crippen LogP contribution in [-0.2, 0) is 27.3 Å². The number of ether oxygens (including phenoxy) is 1. The van der Waals surface area contributed by atoms with Gasteiger partial charge in [-0.2, -0.15) is 5.10 Å². The second-order valence-electron chi connectivity index (χ2n) is 9.71. The van der Waals surface area contributed by atoms with Crippen LogP contribution in [0.5, 0.6) is 0 Å². The molecule has 1 amide bonds. The fourth-order valence-corrected chi connectivity index (χ4v) is 6.43. The number of hydrogen-bond donors (Lipinski definition) is 1. The van der Waals surface area contributed by atoms with E-state index in [1.807, 2.05) is 31.9 Å². The number of aromatic nitrogens is 2. The Bertz CT molecular complexity index is 1310. The monoisotopic (exact) mass is 470 g/mol. The molecule has 0 spiro atoms. The Morgan fingerprint density at radius 1 is 1.21 bits per heavy atom. The van der Waals surface area contributed by atoms with Gasteiger partial charge in [-0.05, 0) is 51.0 Å². The molecule has 4 heterocycles. The SMILES string of the molecule is C[C@@H]1CN=C2N1c1ccc(S(=O)(=O)NC3(C)CC3)cc1C(=O)N2C1(c2ccnn2C)COC1. The first-order valence-electron chi connectivity index (χ1n) is 11.1. The van der Waals surface area contributed by atoms with Gasteiger partial charge in [-0.25, -0.2) is 13.1 Å². The van der Waals surface area contributed by atoms with E-state index >= 15 is 0 Å². The quantitative estimate of drug-likeness (QED) is 0.703. The highest BCUT2D eigenvalue weighted by Gasteiger charge is 2.56. The second kappa shape index (κ2) is 6.64. The van der Waals surface area contributed by atoms with Crippen LogP contribution in [-0.4, -0.2) is 66.3 Å². The van der Waals surface area contributed by atoms with Gasteiger partial charge in [0.05, 0.1) is 47.6 Å². The summed E-state index contributed by atoms with van der Waals surface area (Å²) in [7, 11) is -1.91. The van der Waals surface area contributed by atoms with Crippen molar-refractivity contribution >= 4 is 27.6 Å². The van der Waals surface area contributed by atoms with Crippen LogP contribution in [0, 0.1) is 0 Å². The summed E-state index contributed by atoms with van der Waals surface area (Å²) in [5.74, 6) is 0.289. The minimum absolute atomic E-state index is 0.0323. The van der Waals surface area contributed by atoms with E-state index in [2.05, 4.69) is 9.82 Å². The third-order valence-electron chi connectivity index (χ3n) is 7.11. The first-order valence-corrected chi connectivity index (χ1v) is 12.6. The number of nitrogens with zero attached hydrogens (tertiary/aromatic N) is 5. The summed E-state index contributed by atoms with van der Waals surface area (Å²) >= 11 is 0. The molecule has 2 fully saturated rings. The van der Waals surface area contributed by atoms with Gasteiger partial charge in [0.1, 0.15) is 5.54 Å². The van der Waals surface area contributed by atoms with Crippen LogP contribution in [0.2, 0.25) is 0 Å². The lowest BCUT2D eigenvalue weighted by atomic mass is 9.88. The van der Waals surface area contributed by atoms with Crippen LogP contribution in [0.4, 0.5) is 5.69 Å². The highest BCUT2D eigenvalue weighted by Crippen LogP contribution is 2.44. The third kappa shape index (κ3) is 2.92. The van der Waals surface area contributed by atoms with Crippen molar-refractivity contribution in [3.8, 4) is 0 Å². The summed E-state index contributed by atoms with van der Waals surface area (Å²) in [6.45, 7) is 5.10. The molecule has 10 nitrogen and oxygen atoms in total. The van der Waals surface area contributed by atoms with Crippen molar-refractivity contribution in [3.05, 3.63) is 41.7 Å². The van der Waals surface area contributed by atoms with Gasteiger partial charge < -0.3 is 9.64 Å². The van der Waals surface area contributed by atoms with Crippen molar-refractivity contribution in [2.45, 2.75) is 48.7 Å². The smallest absolute Gasteiger partial charge is 0.263 e. The van der Waals surface area contributed by atoms with Crippen LogP contribution in [0.15, 0.2) is 40.4 Å². The molecule has 0 unspecified atom stereocenters. The summed E-state index contributed by atoms with van der Waals surface area (Å²) in [6, 6.07) is 6.71. The minimum atomic E-state index is -3.75. The van der Waals surface area contributed by atoms with E-state index < -0.39 is 21.1 Å². The third-order valence-corrected chi connectivity index (χ3v) is 8.75. The predicted octanol–water partition coefficient (Wildman–Crippen LogP) is 1.20. The molecular formula is C22H26N6O4S. The Kier molecular flexibility index (Phi) is 4.19. The van der Waals surface area contributed by atoms with Crippen LogP contribution in [0.25, 0.3) is 0 Å². The van der Waals surface area contributed by atoms with E-state index in [1.54, 1.807) is 27.9 Å². The average molecular weight is 471 g/mol. The molecule has 3 aliphatic heterocycles. The molecule has 1 atom stereocenters. The Morgan fingerprint density at radius 2 is 1.97 bits per heavy atom. The molecule has 1 aromatic carbocycles. The number of fused-ring (bicyclic) bond motifs is 3. The number of hydrogen-bond acceptors (Lipinski definition) is 7. The molecule has 6 rings (SSSR count). The number of carbonyl (C=O) groups excluding carboxylic acids is 1. The number of anilines is 1. The normalized spacial score (nSPS) is 24.8. The minimum Gasteiger partial charge on any atom is -0.375 e. The number of nitrogens with one attached hydrogen (secondary N) is 1. The lowest BCUT2D eigenvalue weighted by Gasteiger charge is -2.52. The maximum atomic E-state index is 14.0. The van der Waals surface area contributed by atoms with E-state index in [0.29, 0.717) is 37.0 Å². The summed E-state index contributed by atoms with van der Waals surface area (Å²) in [6.07, 6.45) is 3.31. The molecule has 1 N–H and O–H groups in total. The van der Waals surface area contributed by atoms with Crippen molar-refractivity contribution in [1.82, 2.24) is 19.4 Å². The van der Waals surface area contributed by atoms with Crippen LogP contribution in [0.3, 0.4) is 0 Å². The number of aryl methyl sites for hydroxylation is 1. The lowest BCUT2D eigenvalue weighted by molar-refractivity contribution is -0.115. The largest absolute Gasteiger partial charge is 0.375 e. The summed E-state index contributed by atoms with van der Waals surface area (Å²) < 4.78 is 36.2. The van der Waals surface area contributed by atoms with E-state index in [0.717, 1.165) is 18.5 Å². The highest BCUT2D eigenvalue weighted by atomic mass is 32.2. The molecule has 1 aliphatic carbocycles. The highest BCUT2D eigenvalue weighted by molar-refractivity contribution is 7.89. The van der Waals surface area contributed by atoms with Gasteiger partial charge in [-0.1, -0.05) is 0 Å². The first kappa shape index (κ1) is 20.8. The molecule has 11 heteroatoms. The average Bonchev–Trinajstić information content (AvgIpc) is 3.11. The molecule has 2 aromatic rings. The van der Waals surface area contributed by atoms with Gasteiger partial charge in [0.15, 0.2) is 0 Å². The second-order valence-corrected chi connectivity index (χ2v) is 11.4. The van der Waals surface area contributed by atoms with E-state index in [1.165, 1.54) is 6.07 Å². The molecule has 4 aliphatic rings. The maximum Gasteiger partial charge on any atom is 0.263 e.